The van der Waals surface area contributed by atoms with E-state index in [1.54, 1.807) is 0 Å². The van der Waals surface area contributed by atoms with Gasteiger partial charge in [-0.3, -0.25) is 0 Å². The van der Waals surface area contributed by atoms with Gasteiger partial charge in [0.05, 0.1) is 6.10 Å². The fourth-order valence-electron chi connectivity index (χ4n) is 1.39. The maximum atomic E-state index is 9.64. The number of rotatable bonds is 9. The number of hydrogen-bond acceptors (Lipinski definition) is 2. The quantitative estimate of drug-likeness (QED) is 0.478. The molecule has 2 atom stereocenters. The third-order valence-electron chi connectivity index (χ3n) is 2.35. The highest BCUT2D eigenvalue weighted by molar-refractivity contribution is 4.84. The molecule has 0 aromatic rings. The highest BCUT2D eigenvalue weighted by Crippen LogP contribution is 2.09. The van der Waals surface area contributed by atoms with Crippen LogP contribution in [0.3, 0.4) is 0 Å². The zero-order valence-corrected chi connectivity index (χ0v) is 10.9. The average molecular weight is 226 g/mol. The lowest BCUT2D eigenvalue weighted by molar-refractivity contribution is -0.132. The van der Waals surface area contributed by atoms with Gasteiger partial charge in [-0.1, -0.05) is 45.1 Å². The minimum Gasteiger partial charge on any atom is -0.368 e. The molecule has 2 heteroatoms. The minimum absolute atomic E-state index is 0.132. The van der Waals surface area contributed by atoms with Crippen LogP contribution in [0, 0.1) is 0 Å². The molecule has 94 valence electrons. The number of allylic oxidation sites excluding steroid dienone is 2. The van der Waals surface area contributed by atoms with Gasteiger partial charge in [-0.05, 0) is 25.7 Å². The van der Waals surface area contributed by atoms with Crippen molar-refractivity contribution in [3.8, 4) is 0 Å². The summed E-state index contributed by atoms with van der Waals surface area (Å²) < 4.78 is 5.55. The lowest BCUT2D eigenvalue weighted by Crippen LogP contribution is -2.20. The van der Waals surface area contributed by atoms with Crippen molar-refractivity contribution < 1.29 is 9.84 Å². The molecule has 0 bridgehead atoms. The lowest BCUT2D eigenvalue weighted by Gasteiger charge is -2.18. The van der Waals surface area contributed by atoms with E-state index in [-0.39, 0.29) is 6.10 Å². The van der Waals surface area contributed by atoms with Crippen molar-refractivity contribution in [1.82, 2.24) is 0 Å². The molecule has 0 heterocycles. The van der Waals surface area contributed by atoms with Gasteiger partial charge in [-0.25, -0.2) is 0 Å². The van der Waals surface area contributed by atoms with Crippen LogP contribution in [0.25, 0.3) is 0 Å². The van der Waals surface area contributed by atoms with Gasteiger partial charge in [0, 0.05) is 6.42 Å². The smallest absolute Gasteiger partial charge is 0.158 e. The van der Waals surface area contributed by atoms with Gasteiger partial charge in [-0.2, -0.15) is 0 Å². The van der Waals surface area contributed by atoms with Gasteiger partial charge in [0.15, 0.2) is 6.29 Å². The van der Waals surface area contributed by atoms with Gasteiger partial charge in [-0.15, -0.1) is 0 Å². The summed E-state index contributed by atoms with van der Waals surface area (Å²) >= 11 is 0. The summed E-state index contributed by atoms with van der Waals surface area (Å²) in [7, 11) is 0. The van der Waals surface area contributed by atoms with E-state index in [9.17, 15) is 5.11 Å². The third-order valence-corrected chi connectivity index (χ3v) is 2.35. The van der Waals surface area contributed by atoms with Gasteiger partial charge < -0.3 is 9.84 Å². The Hall–Kier alpha value is -0.600. The molecule has 16 heavy (non-hydrogen) atoms. The van der Waals surface area contributed by atoms with Crippen molar-refractivity contribution in [2.45, 2.75) is 65.3 Å². The standard InChI is InChI=1S/C14H26O2/c1-4-7-9-11-13(6-3)16-14(15)12-10-8-5-2/h7-10,13-15H,4-6,11-12H2,1-3H3/b9-7-,10-8-. The van der Waals surface area contributed by atoms with Crippen LogP contribution in [-0.4, -0.2) is 17.5 Å². The van der Waals surface area contributed by atoms with Crippen LogP contribution < -0.4 is 0 Å². The zero-order chi connectivity index (χ0) is 12.2. The van der Waals surface area contributed by atoms with Crippen molar-refractivity contribution >= 4 is 0 Å². The van der Waals surface area contributed by atoms with Crippen LogP contribution in [0.1, 0.15) is 52.9 Å². The maximum absolute atomic E-state index is 9.64. The van der Waals surface area contributed by atoms with Crippen molar-refractivity contribution in [3.63, 3.8) is 0 Å². The molecule has 1 N–H and O–H groups in total. The summed E-state index contributed by atoms with van der Waals surface area (Å²) in [5.74, 6) is 0. The van der Waals surface area contributed by atoms with E-state index in [2.05, 4.69) is 32.9 Å². The normalized spacial score (nSPS) is 16.0. The Morgan fingerprint density at radius 3 is 2.00 bits per heavy atom. The highest BCUT2D eigenvalue weighted by atomic mass is 16.6. The molecule has 0 rings (SSSR count). The number of hydrogen-bond donors (Lipinski definition) is 1. The predicted molar refractivity (Wildman–Crippen MR) is 69.3 cm³/mol. The highest BCUT2D eigenvalue weighted by Gasteiger charge is 2.09. The molecule has 0 amide bonds. The Labute approximate surface area is 100 Å². The monoisotopic (exact) mass is 226 g/mol. The van der Waals surface area contributed by atoms with Gasteiger partial charge >= 0.3 is 0 Å². The molecule has 2 unspecified atom stereocenters. The van der Waals surface area contributed by atoms with E-state index in [0.717, 1.165) is 25.7 Å². The summed E-state index contributed by atoms with van der Waals surface area (Å²) in [5.41, 5.74) is 0. The van der Waals surface area contributed by atoms with Gasteiger partial charge in [0.1, 0.15) is 0 Å². The SMILES string of the molecule is CC/C=C\CC(O)OC(CC)C/C=C\CC. The van der Waals surface area contributed by atoms with E-state index in [1.165, 1.54) is 0 Å². The largest absolute Gasteiger partial charge is 0.368 e. The second kappa shape index (κ2) is 10.9. The Kier molecular flexibility index (Phi) is 10.5. The number of ether oxygens (including phenoxy) is 1. The first-order valence-electron chi connectivity index (χ1n) is 6.38. The van der Waals surface area contributed by atoms with Crippen LogP contribution >= 0.6 is 0 Å². The molecule has 0 aromatic heterocycles. The average Bonchev–Trinajstić information content (AvgIpc) is 2.28. The van der Waals surface area contributed by atoms with Crippen molar-refractivity contribution in [3.05, 3.63) is 24.3 Å². The molecule has 0 saturated heterocycles. The molecule has 0 aliphatic carbocycles. The van der Waals surface area contributed by atoms with Crippen LogP contribution in [0.4, 0.5) is 0 Å². The Balaban J connectivity index is 3.82. The zero-order valence-electron chi connectivity index (χ0n) is 10.9. The van der Waals surface area contributed by atoms with Crippen molar-refractivity contribution in [2.75, 3.05) is 0 Å². The summed E-state index contributed by atoms with van der Waals surface area (Å²) in [6.07, 6.45) is 12.2. The molecule has 0 aliphatic heterocycles. The fourth-order valence-corrected chi connectivity index (χ4v) is 1.39. The van der Waals surface area contributed by atoms with Crippen LogP contribution in [0.2, 0.25) is 0 Å². The first-order valence-corrected chi connectivity index (χ1v) is 6.38. The number of aliphatic hydroxyl groups excluding tert-OH is 1. The van der Waals surface area contributed by atoms with Gasteiger partial charge in [0.2, 0.25) is 0 Å². The molecule has 2 nitrogen and oxygen atoms in total. The molecule has 0 radical (unpaired) electrons. The molecule has 0 fully saturated rings. The van der Waals surface area contributed by atoms with Gasteiger partial charge in [0.25, 0.3) is 0 Å². The van der Waals surface area contributed by atoms with Crippen molar-refractivity contribution in [2.24, 2.45) is 0 Å². The molecular weight excluding hydrogens is 200 g/mol. The lowest BCUT2D eigenvalue weighted by atomic mass is 10.2. The van der Waals surface area contributed by atoms with E-state index in [4.69, 9.17) is 4.74 Å². The summed E-state index contributed by atoms with van der Waals surface area (Å²) in [6, 6.07) is 0. The van der Waals surface area contributed by atoms with Crippen LogP contribution in [0.5, 0.6) is 0 Å². The maximum Gasteiger partial charge on any atom is 0.158 e. The summed E-state index contributed by atoms with van der Waals surface area (Å²) in [5, 5.41) is 9.64. The molecule has 0 aliphatic rings. The van der Waals surface area contributed by atoms with E-state index in [0.29, 0.717) is 6.42 Å². The molecule has 0 spiro atoms. The van der Waals surface area contributed by atoms with Crippen LogP contribution in [-0.2, 0) is 4.74 Å². The van der Waals surface area contributed by atoms with E-state index < -0.39 is 6.29 Å². The van der Waals surface area contributed by atoms with E-state index >= 15 is 0 Å². The summed E-state index contributed by atoms with van der Waals surface area (Å²) in [6.45, 7) is 6.27. The third kappa shape index (κ3) is 8.69. The summed E-state index contributed by atoms with van der Waals surface area (Å²) in [4.78, 5) is 0. The Bertz CT molecular complexity index is 197. The Morgan fingerprint density at radius 2 is 1.50 bits per heavy atom. The second-order valence-electron chi connectivity index (χ2n) is 3.85. The van der Waals surface area contributed by atoms with Crippen LogP contribution in [0.15, 0.2) is 24.3 Å². The number of aliphatic hydroxyl groups is 1. The predicted octanol–water partition coefficient (Wildman–Crippen LogP) is 3.81. The molecular formula is C14H26O2. The second-order valence-corrected chi connectivity index (χ2v) is 3.85. The topological polar surface area (TPSA) is 29.5 Å². The molecule has 0 aromatic carbocycles. The Morgan fingerprint density at radius 1 is 0.938 bits per heavy atom. The minimum atomic E-state index is -0.664. The molecule has 0 saturated carbocycles. The fraction of sp³-hybridized carbons (Fsp3) is 0.714. The first-order chi connectivity index (χ1) is 7.74. The van der Waals surface area contributed by atoms with Crippen molar-refractivity contribution in [1.29, 1.82) is 0 Å². The first kappa shape index (κ1) is 15.4. The van der Waals surface area contributed by atoms with E-state index in [1.807, 2.05) is 12.2 Å².